The number of hydrogen-bond donors (Lipinski definition) is 4. The van der Waals surface area contributed by atoms with E-state index in [1.54, 1.807) is 24.3 Å². The van der Waals surface area contributed by atoms with Crippen LogP contribution in [0.1, 0.15) is 12.8 Å². The number of piperidine rings is 1. The van der Waals surface area contributed by atoms with Crippen molar-refractivity contribution in [2.24, 2.45) is 5.92 Å². The molecule has 1 aliphatic heterocycles. The lowest BCUT2D eigenvalue weighted by atomic mass is 10.00. The Morgan fingerprint density at radius 2 is 2.28 bits per heavy atom. The maximum Gasteiger partial charge on any atom is 0.319 e. The topological polar surface area (TPSA) is 73.4 Å². The second kappa shape index (κ2) is 6.26. The molecule has 5 nitrogen and oxygen atoms in total. The van der Waals surface area contributed by atoms with E-state index in [4.69, 9.17) is 0 Å². The van der Waals surface area contributed by atoms with Crippen molar-refractivity contribution in [1.82, 2.24) is 10.6 Å². The summed E-state index contributed by atoms with van der Waals surface area (Å²) in [5, 5.41) is 18.3. The summed E-state index contributed by atoms with van der Waals surface area (Å²) >= 11 is 0. The lowest BCUT2D eigenvalue weighted by molar-refractivity contribution is 0.248. The van der Waals surface area contributed by atoms with Gasteiger partial charge in [-0.2, -0.15) is 0 Å². The highest BCUT2D eigenvalue weighted by Crippen LogP contribution is 2.21. The first-order valence-corrected chi connectivity index (χ1v) is 6.29. The third-order valence-electron chi connectivity index (χ3n) is 3.10. The first kappa shape index (κ1) is 12.7. The second-order valence-electron chi connectivity index (χ2n) is 4.56. The van der Waals surface area contributed by atoms with Crippen LogP contribution >= 0.6 is 0 Å². The molecule has 1 aromatic rings. The highest BCUT2D eigenvalue weighted by molar-refractivity contribution is 5.90. The van der Waals surface area contributed by atoms with Gasteiger partial charge < -0.3 is 21.1 Å². The summed E-state index contributed by atoms with van der Waals surface area (Å²) in [7, 11) is 0. The smallest absolute Gasteiger partial charge is 0.319 e. The van der Waals surface area contributed by atoms with Crippen LogP contribution in [0.5, 0.6) is 5.75 Å². The van der Waals surface area contributed by atoms with Crippen LogP contribution in [0.3, 0.4) is 0 Å². The quantitative estimate of drug-likeness (QED) is 0.614. The molecule has 1 aromatic carbocycles. The van der Waals surface area contributed by atoms with Crippen molar-refractivity contribution >= 4 is 11.7 Å². The van der Waals surface area contributed by atoms with E-state index in [2.05, 4.69) is 16.0 Å². The molecule has 4 N–H and O–H groups in total. The Balaban J connectivity index is 1.76. The van der Waals surface area contributed by atoms with Gasteiger partial charge in [-0.05, 0) is 44.0 Å². The number of benzene rings is 1. The van der Waals surface area contributed by atoms with Gasteiger partial charge in [0.15, 0.2) is 0 Å². The normalized spacial score (nSPS) is 19.2. The molecule has 1 saturated heterocycles. The van der Waals surface area contributed by atoms with E-state index < -0.39 is 0 Å². The standard InChI is InChI=1S/C13H19N3O2/c17-12-6-2-1-5-11(12)16-13(18)15-9-10-4-3-7-14-8-10/h1-2,5-6,10,14,17H,3-4,7-9H2,(H2,15,16,18). The predicted molar refractivity (Wildman–Crippen MR) is 70.7 cm³/mol. The third-order valence-corrected chi connectivity index (χ3v) is 3.10. The van der Waals surface area contributed by atoms with Crippen LogP contribution in [0.4, 0.5) is 10.5 Å². The molecule has 0 spiro atoms. The van der Waals surface area contributed by atoms with Crippen LogP contribution in [0, 0.1) is 5.92 Å². The van der Waals surface area contributed by atoms with Gasteiger partial charge in [-0.25, -0.2) is 4.79 Å². The Morgan fingerprint density at radius 3 is 3.00 bits per heavy atom. The monoisotopic (exact) mass is 249 g/mol. The molecule has 0 aliphatic carbocycles. The van der Waals surface area contributed by atoms with Crippen molar-refractivity contribution < 1.29 is 9.90 Å². The zero-order valence-corrected chi connectivity index (χ0v) is 10.3. The van der Waals surface area contributed by atoms with Gasteiger partial charge in [-0.1, -0.05) is 12.1 Å². The van der Waals surface area contributed by atoms with Crippen LogP contribution in [-0.4, -0.2) is 30.8 Å². The molecule has 2 rings (SSSR count). The molecule has 0 radical (unpaired) electrons. The molecule has 1 fully saturated rings. The second-order valence-corrected chi connectivity index (χ2v) is 4.56. The fourth-order valence-corrected chi connectivity index (χ4v) is 2.08. The number of urea groups is 1. The third kappa shape index (κ3) is 3.63. The van der Waals surface area contributed by atoms with E-state index in [1.807, 2.05) is 0 Å². The van der Waals surface area contributed by atoms with Gasteiger partial charge in [0, 0.05) is 6.54 Å². The minimum absolute atomic E-state index is 0.0759. The van der Waals surface area contributed by atoms with Gasteiger partial charge in [0.2, 0.25) is 0 Å². The number of rotatable bonds is 3. The summed E-state index contributed by atoms with van der Waals surface area (Å²) in [5.41, 5.74) is 0.428. The summed E-state index contributed by atoms with van der Waals surface area (Å²) in [4.78, 5) is 11.7. The molecule has 2 amide bonds. The lowest BCUT2D eigenvalue weighted by Gasteiger charge is -2.22. The van der Waals surface area contributed by atoms with Gasteiger partial charge in [-0.15, -0.1) is 0 Å². The fraction of sp³-hybridized carbons (Fsp3) is 0.462. The van der Waals surface area contributed by atoms with Crippen LogP contribution < -0.4 is 16.0 Å². The predicted octanol–water partition coefficient (Wildman–Crippen LogP) is 1.51. The first-order chi connectivity index (χ1) is 8.75. The molecule has 98 valence electrons. The van der Waals surface area contributed by atoms with Crippen LogP contribution in [-0.2, 0) is 0 Å². The number of amides is 2. The van der Waals surface area contributed by atoms with Gasteiger partial charge in [0.05, 0.1) is 5.69 Å². The average molecular weight is 249 g/mol. The number of phenols is 1. The van der Waals surface area contributed by atoms with Crippen molar-refractivity contribution in [3.8, 4) is 5.75 Å². The van der Waals surface area contributed by atoms with Crippen molar-refractivity contribution in [3.05, 3.63) is 24.3 Å². The van der Waals surface area contributed by atoms with E-state index in [-0.39, 0.29) is 11.8 Å². The van der Waals surface area contributed by atoms with Gasteiger partial charge in [0.1, 0.15) is 5.75 Å². The molecule has 18 heavy (non-hydrogen) atoms. The highest BCUT2D eigenvalue weighted by atomic mass is 16.3. The summed E-state index contributed by atoms with van der Waals surface area (Å²) in [5.74, 6) is 0.570. The van der Waals surface area contributed by atoms with E-state index >= 15 is 0 Å². The number of phenolic OH excluding ortho intramolecular Hbond substituents is 1. The number of nitrogens with one attached hydrogen (secondary N) is 3. The SMILES string of the molecule is O=C(NCC1CCCNC1)Nc1ccccc1O. The van der Waals surface area contributed by atoms with Gasteiger partial charge in [-0.3, -0.25) is 0 Å². The van der Waals surface area contributed by atoms with E-state index in [0.29, 0.717) is 18.2 Å². The summed E-state index contributed by atoms with van der Waals surface area (Å²) in [6, 6.07) is 6.41. The Morgan fingerprint density at radius 1 is 1.44 bits per heavy atom. The molecule has 1 unspecified atom stereocenters. The van der Waals surface area contributed by atoms with Crippen molar-refractivity contribution in [2.45, 2.75) is 12.8 Å². The van der Waals surface area contributed by atoms with Crippen LogP contribution in [0.2, 0.25) is 0 Å². The van der Waals surface area contributed by atoms with Crippen molar-refractivity contribution in [2.75, 3.05) is 25.0 Å². The van der Waals surface area contributed by atoms with E-state index in [1.165, 1.54) is 0 Å². The minimum atomic E-state index is -0.276. The minimum Gasteiger partial charge on any atom is -0.506 e. The Hall–Kier alpha value is -1.75. The number of hydrogen-bond acceptors (Lipinski definition) is 3. The molecule has 0 aromatic heterocycles. The molecule has 1 atom stereocenters. The van der Waals surface area contributed by atoms with Gasteiger partial charge >= 0.3 is 6.03 Å². The molecule has 1 heterocycles. The van der Waals surface area contributed by atoms with E-state index in [9.17, 15) is 9.90 Å². The van der Waals surface area contributed by atoms with Gasteiger partial charge in [0.25, 0.3) is 0 Å². The largest absolute Gasteiger partial charge is 0.506 e. The summed E-state index contributed by atoms with van der Waals surface area (Å²) in [6.45, 7) is 2.68. The summed E-state index contributed by atoms with van der Waals surface area (Å²) < 4.78 is 0. The molecule has 0 saturated carbocycles. The Bertz CT molecular complexity index is 403. The number of para-hydroxylation sites is 2. The number of carbonyl (C=O) groups is 1. The summed E-state index contributed by atoms with van der Waals surface area (Å²) in [6.07, 6.45) is 2.30. The number of anilines is 1. The highest BCUT2D eigenvalue weighted by Gasteiger charge is 2.14. The molecule has 5 heteroatoms. The van der Waals surface area contributed by atoms with Crippen LogP contribution in [0.25, 0.3) is 0 Å². The fourth-order valence-electron chi connectivity index (χ4n) is 2.08. The van der Waals surface area contributed by atoms with E-state index in [0.717, 1.165) is 25.9 Å². The lowest BCUT2D eigenvalue weighted by Crippen LogP contribution is -2.39. The molecular formula is C13H19N3O2. The zero-order valence-electron chi connectivity index (χ0n) is 10.3. The maximum atomic E-state index is 11.7. The molecule has 0 bridgehead atoms. The maximum absolute atomic E-state index is 11.7. The first-order valence-electron chi connectivity index (χ1n) is 6.29. The van der Waals surface area contributed by atoms with Crippen molar-refractivity contribution in [1.29, 1.82) is 0 Å². The zero-order chi connectivity index (χ0) is 12.8. The van der Waals surface area contributed by atoms with Crippen molar-refractivity contribution in [3.63, 3.8) is 0 Å². The number of carbonyl (C=O) groups excluding carboxylic acids is 1. The van der Waals surface area contributed by atoms with Crippen LogP contribution in [0.15, 0.2) is 24.3 Å². The molecule has 1 aliphatic rings. The Kier molecular flexibility index (Phi) is 4.41. The average Bonchev–Trinajstić information content (AvgIpc) is 2.40. The molecular weight excluding hydrogens is 230 g/mol. The Labute approximate surface area is 107 Å². The number of aromatic hydroxyl groups is 1.